The number of nitrogens with zero attached hydrogens (tertiary/aromatic N) is 3. The fourth-order valence-corrected chi connectivity index (χ4v) is 3.36. The van der Waals surface area contributed by atoms with Crippen LogP contribution in [0.1, 0.15) is 13.3 Å². The van der Waals surface area contributed by atoms with E-state index in [2.05, 4.69) is 9.69 Å². The molecule has 0 unspecified atom stereocenters. The monoisotopic (exact) mass is 396 g/mol. The number of benzene rings is 1. The lowest BCUT2D eigenvalue weighted by Crippen LogP contribution is -2.41. The van der Waals surface area contributed by atoms with Gasteiger partial charge in [-0.15, -0.1) is 0 Å². The van der Waals surface area contributed by atoms with Gasteiger partial charge in [0.05, 0.1) is 11.2 Å². The van der Waals surface area contributed by atoms with Crippen molar-refractivity contribution in [1.82, 2.24) is 13.5 Å². The molecule has 2 aromatic heterocycles. The molecule has 1 amide bonds. The summed E-state index contributed by atoms with van der Waals surface area (Å²) in [6.07, 6.45) is 0.576. The molecule has 2 heterocycles. The summed E-state index contributed by atoms with van der Waals surface area (Å²) in [5, 5.41) is 4.13. The third-order valence-electron chi connectivity index (χ3n) is 3.71. The third kappa shape index (κ3) is 3.40. The van der Waals surface area contributed by atoms with Crippen LogP contribution in [-0.4, -0.2) is 19.4 Å². The molecular formula is C16H14ClFN4O3S. The standard InChI is InChI=1S/C16H14ClFN4O3S/c1-2-5-21-15(24)14-12(8-26-20-14)22(16(21)25)7-13(23)19-11-4-3-9(17)6-10(11)18/h3-4,6,8H,2,5,7H2,1H3,(H,19,23). The van der Waals surface area contributed by atoms with Crippen molar-refractivity contribution >= 4 is 45.8 Å². The normalized spacial score (nSPS) is 11.0. The lowest BCUT2D eigenvalue weighted by atomic mass is 10.3. The summed E-state index contributed by atoms with van der Waals surface area (Å²) in [6.45, 7) is 1.68. The van der Waals surface area contributed by atoms with Crippen LogP contribution in [0.25, 0.3) is 11.0 Å². The summed E-state index contributed by atoms with van der Waals surface area (Å²) in [5.74, 6) is -1.29. The highest BCUT2D eigenvalue weighted by molar-refractivity contribution is 7.04. The van der Waals surface area contributed by atoms with Gasteiger partial charge in [0, 0.05) is 16.9 Å². The van der Waals surface area contributed by atoms with Gasteiger partial charge in [0.15, 0.2) is 5.52 Å². The van der Waals surface area contributed by atoms with Crippen molar-refractivity contribution in [3.63, 3.8) is 0 Å². The summed E-state index contributed by atoms with van der Waals surface area (Å²) < 4.78 is 20.1. The average molecular weight is 397 g/mol. The van der Waals surface area contributed by atoms with Crippen LogP contribution in [0.3, 0.4) is 0 Å². The van der Waals surface area contributed by atoms with Crippen molar-refractivity contribution in [3.05, 3.63) is 55.3 Å². The zero-order valence-electron chi connectivity index (χ0n) is 13.7. The van der Waals surface area contributed by atoms with E-state index in [1.807, 2.05) is 6.92 Å². The molecule has 1 aromatic carbocycles. The fourth-order valence-electron chi connectivity index (χ4n) is 2.53. The number of carbonyl (C=O) groups excluding carboxylic acids is 1. The molecule has 0 spiro atoms. The number of hydrogen-bond donors (Lipinski definition) is 1. The van der Waals surface area contributed by atoms with E-state index in [9.17, 15) is 18.8 Å². The summed E-state index contributed by atoms with van der Waals surface area (Å²) in [7, 11) is 0. The van der Waals surface area contributed by atoms with Gasteiger partial charge in [0.1, 0.15) is 12.4 Å². The number of hydrogen-bond acceptors (Lipinski definition) is 5. The molecule has 1 N–H and O–H groups in total. The summed E-state index contributed by atoms with van der Waals surface area (Å²) in [5.41, 5.74) is -0.712. The van der Waals surface area contributed by atoms with Crippen LogP contribution < -0.4 is 16.6 Å². The van der Waals surface area contributed by atoms with Gasteiger partial charge < -0.3 is 5.32 Å². The van der Waals surface area contributed by atoms with Gasteiger partial charge in [-0.2, -0.15) is 4.37 Å². The Hall–Kier alpha value is -2.52. The van der Waals surface area contributed by atoms with E-state index in [0.717, 1.165) is 22.2 Å². The van der Waals surface area contributed by atoms with Gasteiger partial charge in [-0.3, -0.25) is 18.7 Å². The van der Waals surface area contributed by atoms with E-state index in [4.69, 9.17) is 11.6 Å². The molecule has 0 aliphatic carbocycles. The highest BCUT2D eigenvalue weighted by Gasteiger charge is 2.17. The average Bonchev–Trinajstić information content (AvgIpc) is 3.08. The highest BCUT2D eigenvalue weighted by atomic mass is 35.5. The van der Waals surface area contributed by atoms with E-state index in [1.54, 1.807) is 0 Å². The van der Waals surface area contributed by atoms with Crippen LogP contribution >= 0.6 is 23.1 Å². The van der Waals surface area contributed by atoms with Gasteiger partial charge in [-0.1, -0.05) is 18.5 Å². The van der Waals surface area contributed by atoms with Gasteiger partial charge in [-0.05, 0) is 36.2 Å². The molecule has 3 aromatic rings. The Morgan fingerprint density at radius 1 is 1.35 bits per heavy atom. The van der Waals surface area contributed by atoms with E-state index < -0.39 is 23.0 Å². The summed E-state index contributed by atoms with van der Waals surface area (Å²) in [4.78, 5) is 37.3. The fraction of sp³-hybridized carbons (Fsp3) is 0.250. The number of amides is 1. The van der Waals surface area contributed by atoms with Gasteiger partial charge in [0.2, 0.25) is 5.91 Å². The molecule has 0 fully saturated rings. The topological polar surface area (TPSA) is 86.0 Å². The van der Waals surface area contributed by atoms with Gasteiger partial charge in [0.25, 0.3) is 5.56 Å². The number of nitrogens with one attached hydrogen (secondary N) is 1. The smallest absolute Gasteiger partial charge is 0.322 e. The quantitative estimate of drug-likeness (QED) is 0.717. The number of halogens is 2. The van der Waals surface area contributed by atoms with Crippen molar-refractivity contribution < 1.29 is 9.18 Å². The second-order valence-corrected chi connectivity index (χ2v) is 6.61. The molecule has 26 heavy (non-hydrogen) atoms. The molecule has 136 valence electrons. The Labute approximate surface area is 155 Å². The molecule has 0 saturated carbocycles. The predicted molar refractivity (Wildman–Crippen MR) is 98.5 cm³/mol. The molecule has 0 bridgehead atoms. The lowest BCUT2D eigenvalue weighted by Gasteiger charge is -2.12. The van der Waals surface area contributed by atoms with E-state index >= 15 is 0 Å². The Kier molecular flexibility index (Phi) is 5.19. The lowest BCUT2D eigenvalue weighted by molar-refractivity contribution is -0.116. The number of rotatable bonds is 5. The SMILES string of the molecule is CCCn1c(=O)c2nscc2n(CC(=O)Nc2ccc(Cl)cc2F)c1=O. The minimum Gasteiger partial charge on any atom is -0.322 e. The van der Waals surface area contributed by atoms with Crippen LogP contribution in [0.4, 0.5) is 10.1 Å². The molecule has 3 rings (SSSR count). The second kappa shape index (κ2) is 7.38. The molecule has 7 nitrogen and oxygen atoms in total. The summed E-state index contributed by atoms with van der Waals surface area (Å²) in [6, 6.07) is 3.85. The van der Waals surface area contributed by atoms with Crippen LogP contribution in [0, 0.1) is 5.82 Å². The van der Waals surface area contributed by atoms with Gasteiger partial charge in [-0.25, -0.2) is 9.18 Å². The van der Waals surface area contributed by atoms with Crippen LogP contribution in [-0.2, 0) is 17.9 Å². The first kappa shape index (κ1) is 18.3. The zero-order chi connectivity index (χ0) is 18.8. The van der Waals surface area contributed by atoms with E-state index in [1.165, 1.54) is 22.1 Å². The van der Waals surface area contributed by atoms with E-state index in [-0.39, 0.29) is 34.8 Å². The zero-order valence-corrected chi connectivity index (χ0v) is 15.2. The maximum Gasteiger partial charge on any atom is 0.332 e. The van der Waals surface area contributed by atoms with Crippen molar-refractivity contribution in [2.45, 2.75) is 26.4 Å². The largest absolute Gasteiger partial charge is 0.332 e. The molecular weight excluding hydrogens is 383 g/mol. The van der Waals surface area contributed by atoms with Crippen molar-refractivity contribution in [2.75, 3.05) is 5.32 Å². The molecule has 0 aliphatic heterocycles. The molecule has 0 saturated heterocycles. The first-order valence-electron chi connectivity index (χ1n) is 7.75. The Bertz CT molecular complexity index is 1110. The molecule has 0 radical (unpaired) electrons. The first-order valence-corrected chi connectivity index (χ1v) is 8.96. The van der Waals surface area contributed by atoms with E-state index in [0.29, 0.717) is 6.42 Å². The molecule has 0 atom stereocenters. The maximum absolute atomic E-state index is 13.8. The van der Waals surface area contributed by atoms with Crippen molar-refractivity contribution in [2.24, 2.45) is 0 Å². The summed E-state index contributed by atoms with van der Waals surface area (Å²) >= 11 is 6.70. The Morgan fingerprint density at radius 2 is 2.12 bits per heavy atom. The number of carbonyl (C=O) groups is 1. The Morgan fingerprint density at radius 3 is 2.81 bits per heavy atom. The van der Waals surface area contributed by atoms with Crippen molar-refractivity contribution in [1.29, 1.82) is 0 Å². The number of aromatic nitrogens is 3. The number of fused-ring (bicyclic) bond motifs is 1. The van der Waals surface area contributed by atoms with Crippen LogP contribution in [0.15, 0.2) is 33.2 Å². The maximum atomic E-state index is 13.8. The van der Waals surface area contributed by atoms with Crippen molar-refractivity contribution in [3.8, 4) is 0 Å². The third-order valence-corrected chi connectivity index (χ3v) is 4.56. The van der Waals surface area contributed by atoms with Gasteiger partial charge >= 0.3 is 5.69 Å². The second-order valence-electron chi connectivity index (χ2n) is 5.55. The van der Waals surface area contributed by atoms with Crippen LogP contribution in [0.5, 0.6) is 0 Å². The Balaban J connectivity index is 1.98. The molecule has 0 aliphatic rings. The molecule has 10 heteroatoms. The minimum absolute atomic E-state index is 0.0472. The minimum atomic E-state index is -0.684. The van der Waals surface area contributed by atoms with Crippen LogP contribution in [0.2, 0.25) is 5.02 Å². The number of anilines is 1. The highest BCUT2D eigenvalue weighted by Crippen LogP contribution is 2.19. The predicted octanol–water partition coefficient (Wildman–Crippen LogP) is 2.46. The first-order chi connectivity index (χ1) is 12.4.